The van der Waals surface area contributed by atoms with Gasteiger partial charge in [-0.25, -0.2) is 14.3 Å². The Morgan fingerprint density at radius 2 is 2.03 bits per heavy atom. The van der Waals surface area contributed by atoms with Crippen LogP contribution in [0, 0.1) is 0 Å². The maximum absolute atomic E-state index is 15.5. The number of ether oxygens (including phenoxy) is 2. The second kappa shape index (κ2) is 11.3. The average Bonchev–Trinajstić information content (AvgIpc) is 3.01. The number of anilines is 1. The van der Waals surface area contributed by atoms with Gasteiger partial charge in [-0.1, -0.05) is 18.2 Å². The van der Waals surface area contributed by atoms with Gasteiger partial charge in [0.2, 0.25) is 0 Å². The second-order valence-corrected chi connectivity index (χ2v) is 11.8. The number of alkyl halides is 1. The molecule has 1 aliphatic heterocycles. The van der Waals surface area contributed by atoms with Gasteiger partial charge in [0.1, 0.15) is 29.8 Å². The van der Waals surface area contributed by atoms with Crippen molar-refractivity contribution in [2.45, 2.75) is 63.9 Å². The van der Waals surface area contributed by atoms with E-state index in [1.165, 1.54) is 12.3 Å². The van der Waals surface area contributed by atoms with Crippen LogP contribution in [0.1, 0.15) is 33.9 Å². The van der Waals surface area contributed by atoms with Gasteiger partial charge in [0.25, 0.3) is 0 Å². The van der Waals surface area contributed by atoms with Gasteiger partial charge >= 0.3 is 18.3 Å². The predicted molar refractivity (Wildman–Crippen MR) is 133 cm³/mol. The average molecular weight is 545 g/mol. The van der Waals surface area contributed by atoms with E-state index in [1.807, 2.05) is 0 Å². The van der Waals surface area contributed by atoms with Gasteiger partial charge < -0.3 is 29.4 Å². The van der Waals surface area contributed by atoms with Crippen molar-refractivity contribution in [1.29, 1.82) is 0 Å². The van der Waals surface area contributed by atoms with Crippen molar-refractivity contribution >= 4 is 30.2 Å². The van der Waals surface area contributed by atoms with Crippen LogP contribution in [-0.2, 0) is 30.6 Å². The summed E-state index contributed by atoms with van der Waals surface area (Å²) >= 11 is 5.62. The summed E-state index contributed by atoms with van der Waals surface area (Å²) in [5, 5.41) is 13.5. The molecule has 1 aromatic carbocycles. The first-order valence-electron chi connectivity index (χ1n) is 11.2. The molecule has 0 saturated carbocycles. The Kier molecular flexibility index (Phi) is 8.86. The number of benzene rings is 1. The Labute approximate surface area is 212 Å². The number of nitrogens with one attached hydrogen (secondary N) is 1. The standard InChI is InChI=1S/C22H30FN4O7PS/c1-13(2)32-19(29)14(3)26-35(36,34-15-8-6-5-7-9-15)31-12-16-18(28)22(4,23)20(33-16)27-11-10-17(24)25-21(27)30/h5-11,13-14,16,18,20,28H,12H2,1-4H3,(H,26,36)(H2,24,25,30). The van der Waals surface area contributed by atoms with Crippen LogP contribution in [0.5, 0.6) is 5.75 Å². The Morgan fingerprint density at radius 1 is 1.36 bits per heavy atom. The van der Waals surface area contributed by atoms with Crippen molar-refractivity contribution in [3.8, 4) is 5.75 Å². The fourth-order valence-corrected chi connectivity index (χ4v) is 5.88. The number of nitrogen functional groups attached to an aromatic ring is 1. The molecule has 11 nitrogen and oxygen atoms in total. The predicted octanol–water partition coefficient (Wildman–Crippen LogP) is 2.06. The minimum atomic E-state index is -3.45. The van der Waals surface area contributed by atoms with Gasteiger partial charge in [0.05, 0.1) is 12.7 Å². The smallest absolute Gasteiger partial charge is 0.351 e. The van der Waals surface area contributed by atoms with Crippen LogP contribution in [0.25, 0.3) is 0 Å². The Morgan fingerprint density at radius 3 is 2.64 bits per heavy atom. The fraction of sp³-hybridized carbons (Fsp3) is 0.500. The molecule has 0 bridgehead atoms. The molecule has 2 aromatic rings. The van der Waals surface area contributed by atoms with E-state index in [9.17, 15) is 14.7 Å². The van der Waals surface area contributed by atoms with Crippen molar-refractivity contribution in [3.63, 3.8) is 0 Å². The molecule has 6 atom stereocenters. The number of carbonyl (C=O) groups is 1. The van der Waals surface area contributed by atoms with E-state index in [4.69, 9.17) is 36.1 Å². The van der Waals surface area contributed by atoms with E-state index < -0.39 is 55.1 Å². The maximum atomic E-state index is 15.5. The highest BCUT2D eigenvalue weighted by atomic mass is 32.5. The zero-order valence-corrected chi connectivity index (χ0v) is 21.9. The van der Waals surface area contributed by atoms with Crippen molar-refractivity contribution in [3.05, 3.63) is 53.1 Å². The van der Waals surface area contributed by atoms with Crippen molar-refractivity contribution < 1.29 is 32.8 Å². The van der Waals surface area contributed by atoms with Crippen LogP contribution in [0.15, 0.2) is 47.4 Å². The van der Waals surface area contributed by atoms with Gasteiger partial charge in [-0.3, -0.25) is 9.36 Å². The SMILES string of the molecule is CC(C)OC(=O)C(C)NP(=S)(OCC1OC(n2ccc(N)nc2=O)C(C)(F)C1O)Oc1ccccc1. The summed E-state index contributed by atoms with van der Waals surface area (Å²) in [4.78, 5) is 28.2. The van der Waals surface area contributed by atoms with Gasteiger partial charge in [-0.05, 0) is 57.7 Å². The van der Waals surface area contributed by atoms with Crippen LogP contribution in [0.3, 0.4) is 0 Å². The molecule has 36 heavy (non-hydrogen) atoms. The van der Waals surface area contributed by atoms with E-state index in [2.05, 4.69) is 10.1 Å². The quantitative estimate of drug-likeness (QED) is 0.298. The zero-order valence-electron chi connectivity index (χ0n) is 20.2. The molecular weight excluding hydrogens is 514 g/mol. The molecule has 0 amide bonds. The lowest BCUT2D eigenvalue weighted by molar-refractivity contribution is -0.149. The highest BCUT2D eigenvalue weighted by Crippen LogP contribution is 2.47. The number of aliphatic hydroxyl groups excluding tert-OH is 1. The summed E-state index contributed by atoms with van der Waals surface area (Å²) in [5.74, 6) is -0.230. The van der Waals surface area contributed by atoms with Crippen LogP contribution in [0.2, 0.25) is 0 Å². The highest BCUT2D eigenvalue weighted by molar-refractivity contribution is 8.09. The molecule has 4 N–H and O–H groups in total. The maximum Gasteiger partial charge on any atom is 0.351 e. The number of halogens is 1. The van der Waals surface area contributed by atoms with E-state index in [0.717, 1.165) is 11.5 Å². The molecule has 1 aromatic heterocycles. The monoisotopic (exact) mass is 544 g/mol. The minimum absolute atomic E-state index is 0.0369. The first kappa shape index (κ1) is 28.2. The summed E-state index contributed by atoms with van der Waals surface area (Å²) < 4.78 is 39.0. The summed E-state index contributed by atoms with van der Waals surface area (Å²) in [7, 11) is 0. The lowest BCUT2D eigenvalue weighted by Crippen LogP contribution is -2.43. The largest absolute Gasteiger partial charge is 0.462 e. The molecular formula is C22H30FN4O7PS. The molecule has 1 saturated heterocycles. The molecule has 14 heteroatoms. The lowest BCUT2D eigenvalue weighted by atomic mass is 9.98. The molecule has 0 spiro atoms. The molecule has 1 fully saturated rings. The van der Waals surface area contributed by atoms with Crippen LogP contribution in [-0.4, -0.2) is 57.3 Å². The number of esters is 1. The number of rotatable bonds is 10. The molecule has 0 radical (unpaired) electrons. The number of nitrogens with zero attached hydrogens (tertiary/aromatic N) is 2. The summed E-state index contributed by atoms with van der Waals surface area (Å²) in [6.07, 6.45) is -3.52. The molecule has 2 heterocycles. The van der Waals surface area contributed by atoms with Gasteiger partial charge in [0, 0.05) is 6.20 Å². The van der Waals surface area contributed by atoms with E-state index in [-0.39, 0.29) is 11.9 Å². The van der Waals surface area contributed by atoms with Crippen LogP contribution < -0.4 is 21.0 Å². The van der Waals surface area contributed by atoms with Gasteiger partial charge in [-0.2, -0.15) is 4.98 Å². The van der Waals surface area contributed by atoms with E-state index >= 15 is 4.39 Å². The van der Waals surface area contributed by atoms with Crippen molar-refractivity contribution in [2.24, 2.45) is 0 Å². The number of para-hydroxylation sites is 1. The topological polar surface area (TPSA) is 147 Å². The summed E-state index contributed by atoms with van der Waals surface area (Å²) in [5.41, 5.74) is 2.29. The second-order valence-electron chi connectivity index (χ2n) is 8.70. The third-order valence-electron chi connectivity index (χ3n) is 5.26. The van der Waals surface area contributed by atoms with Gasteiger partial charge in [-0.15, -0.1) is 0 Å². The van der Waals surface area contributed by atoms with Gasteiger partial charge in [0.15, 0.2) is 11.9 Å². The third-order valence-corrected chi connectivity index (χ3v) is 7.76. The normalized spacial score (nSPS) is 26.4. The Balaban J connectivity index is 1.79. The number of nitrogens with two attached hydrogens (primary N) is 1. The van der Waals surface area contributed by atoms with E-state index in [1.54, 1.807) is 51.1 Å². The lowest BCUT2D eigenvalue weighted by Gasteiger charge is -2.28. The third kappa shape index (κ3) is 6.67. The number of aliphatic hydroxyl groups is 1. The number of hydrogen-bond donors (Lipinski definition) is 3. The first-order valence-corrected chi connectivity index (χ1v) is 13.8. The molecule has 0 aliphatic carbocycles. The van der Waals surface area contributed by atoms with E-state index in [0.29, 0.717) is 5.75 Å². The number of hydrogen-bond acceptors (Lipinski definition) is 10. The van der Waals surface area contributed by atoms with Crippen LogP contribution in [0.4, 0.5) is 10.2 Å². The molecule has 1 aliphatic rings. The Hall–Kier alpha value is -2.41. The van der Waals surface area contributed by atoms with Crippen LogP contribution >= 0.6 is 6.64 Å². The molecule has 198 valence electrons. The zero-order chi connectivity index (χ0) is 26.7. The number of aromatic nitrogens is 2. The summed E-state index contributed by atoms with van der Waals surface area (Å²) in [6.45, 7) is 2.21. The van der Waals surface area contributed by atoms with Crippen molar-refractivity contribution in [2.75, 3.05) is 12.3 Å². The summed E-state index contributed by atoms with van der Waals surface area (Å²) in [6, 6.07) is 8.96. The fourth-order valence-electron chi connectivity index (χ4n) is 3.46. The first-order chi connectivity index (χ1) is 16.8. The number of carbonyl (C=O) groups excluding carboxylic acids is 1. The highest BCUT2D eigenvalue weighted by Gasteiger charge is 2.55. The van der Waals surface area contributed by atoms with Crippen molar-refractivity contribution in [1.82, 2.24) is 14.6 Å². The Bertz CT molecular complexity index is 1170. The molecule has 6 unspecified atom stereocenters. The minimum Gasteiger partial charge on any atom is -0.462 e. The molecule has 3 rings (SSSR count).